The third-order valence-electron chi connectivity index (χ3n) is 4.39. The van der Waals surface area contributed by atoms with Crippen LogP contribution < -0.4 is 15.8 Å². The predicted molar refractivity (Wildman–Crippen MR) is 128 cm³/mol. The molecule has 28 heavy (non-hydrogen) atoms. The topological polar surface area (TPSA) is 99.8 Å². The summed E-state index contributed by atoms with van der Waals surface area (Å²) in [7, 11) is -1.88. The van der Waals surface area contributed by atoms with Crippen molar-refractivity contribution in [1.29, 1.82) is 0 Å². The SMILES string of the molecule is CN=C(NCCCN(C(C)C)C(C)C)NCCc1ccc(S(N)(=O)=O)cc1.I. The van der Waals surface area contributed by atoms with Gasteiger partial charge in [-0.15, -0.1) is 24.0 Å². The number of hydrogen-bond acceptors (Lipinski definition) is 4. The average molecular weight is 526 g/mol. The molecule has 0 aliphatic heterocycles. The molecule has 1 aromatic carbocycles. The van der Waals surface area contributed by atoms with Gasteiger partial charge in [0.25, 0.3) is 0 Å². The highest BCUT2D eigenvalue weighted by molar-refractivity contribution is 14.0. The molecule has 0 atom stereocenters. The number of halogens is 1. The average Bonchev–Trinajstić information content (AvgIpc) is 2.59. The zero-order valence-corrected chi connectivity index (χ0v) is 20.8. The number of primary sulfonamides is 1. The number of nitrogens with two attached hydrogens (primary N) is 1. The van der Waals surface area contributed by atoms with E-state index in [1.54, 1.807) is 19.2 Å². The van der Waals surface area contributed by atoms with Crippen LogP contribution >= 0.6 is 24.0 Å². The van der Waals surface area contributed by atoms with Crippen molar-refractivity contribution in [3.05, 3.63) is 29.8 Å². The largest absolute Gasteiger partial charge is 0.356 e. The molecule has 0 saturated heterocycles. The standard InChI is InChI=1S/C19H35N5O2S.HI/c1-15(2)24(16(3)4)14-6-12-22-19(21-5)23-13-11-17-7-9-18(10-8-17)27(20,25)26;/h7-10,15-16H,6,11-14H2,1-5H3,(H2,20,25,26)(H2,21,22,23);1H. The van der Waals surface area contributed by atoms with E-state index in [-0.39, 0.29) is 28.9 Å². The maximum Gasteiger partial charge on any atom is 0.238 e. The molecule has 1 rings (SSSR count). The van der Waals surface area contributed by atoms with Gasteiger partial charge in [-0.1, -0.05) is 12.1 Å². The summed E-state index contributed by atoms with van der Waals surface area (Å²) in [5, 5.41) is 11.7. The first-order chi connectivity index (χ1) is 12.6. The quantitative estimate of drug-likeness (QED) is 0.188. The van der Waals surface area contributed by atoms with E-state index in [2.05, 4.69) is 48.2 Å². The van der Waals surface area contributed by atoms with Crippen molar-refractivity contribution in [2.45, 2.75) is 57.5 Å². The molecule has 1 aromatic rings. The van der Waals surface area contributed by atoms with Gasteiger partial charge in [-0.3, -0.25) is 9.89 Å². The van der Waals surface area contributed by atoms with Crippen LogP contribution in [0.25, 0.3) is 0 Å². The van der Waals surface area contributed by atoms with Crippen LogP contribution in [0.1, 0.15) is 39.7 Å². The fraction of sp³-hybridized carbons (Fsp3) is 0.632. The van der Waals surface area contributed by atoms with Gasteiger partial charge in [0.1, 0.15) is 0 Å². The van der Waals surface area contributed by atoms with Crippen molar-refractivity contribution in [2.24, 2.45) is 10.1 Å². The summed E-state index contributed by atoms with van der Waals surface area (Å²) in [5.41, 5.74) is 1.04. The Labute approximate surface area is 187 Å². The second-order valence-electron chi connectivity index (χ2n) is 7.14. The van der Waals surface area contributed by atoms with E-state index >= 15 is 0 Å². The zero-order chi connectivity index (χ0) is 20.4. The second kappa shape index (κ2) is 13.3. The molecule has 0 fully saturated rings. The Bertz CT molecular complexity index is 683. The highest BCUT2D eigenvalue weighted by Crippen LogP contribution is 2.09. The number of aliphatic imine (C=N–C) groups is 1. The summed E-state index contributed by atoms with van der Waals surface area (Å²) in [4.78, 5) is 6.85. The van der Waals surface area contributed by atoms with Gasteiger partial charge in [0.05, 0.1) is 4.90 Å². The Kier molecular flexibility index (Phi) is 12.9. The fourth-order valence-electron chi connectivity index (χ4n) is 2.97. The van der Waals surface area contributed by atoms with Crippen LogP contribution in [0.4, 0.5) is 0 Å². The Morgan fingerprint density at radius 1 is 1.07 bits per heavy atom. The number of nitrogens with zero attached hydrogens (tertiary/aromatic N) is 2. The smallest absolute Gasteiger partial charge is 0.238 e. The number of nitrogens with one attached hydrogen (secondary N) is 2. The maximum atomic E-state index is 11.3. The van der Waals surface area contributed by atoms with E-state index < -0.39 is 10.0 Å². The molecule has 0 aliphatic rings. The summed E-state index contributed by atoms with van der Waals surface area (Å²) < 4.78 is 22.5. The maximum absolute atomic E-state index is 11.3. The van der Waals surface area contributed by atoms with Gasteiger partial charge in [-0.05, 0) is 58.2 Å². The van der Waals surface area contributed by atoms with E-state index in [4.69, 9.17) is 5.14 Å². The first-order valence-corrected chi connectivity index (χ1v) is 11.0. The Balaban J connectivity index is 0.00000729. The molecule has 162 valence electrons. The minimum Gasteiger partial charge on any atom is -0.356 e. The predicted octanol–water partition coefficient (Wildman–Crippen LogP) is 2.17. The number of rotatable bonds is 10. The molecule has 0 aromatic heterocycles. The van der Waals surface area contributed by atoms with Crippen LogP contribution in [-0.4, -0.2) is 58.0 Å². The first-order valence-electron chi connectivity index (χ1n) is 9.47. The minimum atomic E-state index is -3.64. The minimum absolute atomic E-state index is 0. The number of hydrogen-bond donors (Lipinski definition) is 3. The lowest BCUT2D eigenvalue weighted by atomic mass is 10.1. The van der Waals surface area contributed by atoms with Crippen molar-refractivity contribution >= 4 is 40.0 Å². The third kappa shape index (κ3) is 10.0. The summed E-state index contributed by atoms with van der Waals surface area (Å²) in [6.45, 7) is 11.5. The lowest BCUT2D eigenvalue weighted by molar-refractivity contribution is 0.173. The van der Waals surface area contributed by atoms with Crippen LogP contribution in [0.2, 0.25) is 0 Å². The zero-order valence-electron chi connectivity index (χ0n) is 17.6. The highest BCUT2D eigenvalue weighted by atomic mass is 127. The molecular weight excluding hydrogens is 489 g/mol. The number of benzene rings is 1. The third-order valence-corrected chi connectivity index (χ3v) is 5.32. The second-order valence-corrected chi connectivity index (χ2v) is 8.71. The van der Waals surface area contributed by atoms with Gasteiger partial charge in [0.2, 0.25) is 10.0 Å². The van der Waals surface area contributed by atoms with Gasteiger partial charge in [-0.2, -0.15) is 0 Å². The molecule has 0 bridgehead atoms. The molecule has 0 saturated carbocycles. The van der Waals surface area contributed by atoms with Gasteiger partial charge in [0, 0.05) is 38.8 Å². The summed E-state index contributed by atoms with van der Waals surface area (Å²) in [5.74, 6) is 0.775. The Morgan fingerprint density at radius 3 is 2.07 bits per heavy atom. The monoisotopic (exact) mass is 525 g/mol. The summed E-state index contributed by atoms with van der Waals surface area (Å²) in [6, 6.07) is 7.72. The van der Waals surface area contributed by atoms with Crippen LogP contribution in [-0.2, 0) is 16.4 Å². The molecule has 0 amide bonds. The number of guanidine groups is 1. The highest BCUT2D eigenvalue weighted by Gasteiger charge is 2.12. The molecule has 0 aliphatic carbocycles. The van der Waals surface area contributed by atoms with Crippen LogP contribution in [0, 0.1) is 0 Å². The van der Waals surface area contributed by atoms with Gasteiger partial charge >= 0.3 is 0 Å². The van der Waals surface area contributed by atoms with Crippen molar-refractivity contribution in [1.82, 2.24) is 15.5 Å². The molecule has 0 spiro atoms. The fourth-order valence-corrected chi connectivity index (χ4v) is 3.49. The molecular formula is C19H36IN5O2S. The summed E-state index contributed by atoms with van der Waals surface area (Å²) in [6.07, 6.45) is 1.81. The molecule has 7 nitrogen and oxygen atoms in total. The van der Waals surface area contributed by atoms with Crippen molar-refractivity contribution < 1.29 is 8.42 Å². The molecule has 0 radical (unpaired) electrons. The molecule has 9 heteroatoms. The van der Waals surface area contributed by atoms with Gasteiger partial charge in [0.15, 0.2) is 5.96 Å². The Morgan fingerprint density at radius 2 is 1.61 bits per heavy atom. The van der Waals surface area contributed by atoms with Crippen molar-refractivity contribution in [2.75, 3.05) is 26.7 Å². The van der Waals surface area contributed by atoms with E-state index in [1.807, 2.05) is 0 Å². The van der Waals surface area contributed by atoms with E-state index in [1.165, 1.54) is 12.1 Å². The van der Waals surface area contributed by atoms with Gasteiger partial charge in [-0.25, -0.2) is 13.6 Å². The van der Waals surface area contributed by atoms with Crippen molar-refractivity contribution in [3.8, 4) is 0 Å². The van der Waals surface area contributed by atoms with Gasteiger partial charge < -0.3 is 10.6 Å². The lowest BCUT2D eigenvalue weighted by Crippen LogP contribution is -2.41. The van der Waals surface area contributed by atoms with E-state index in [0.29, 0.717) is 18.6 Å². The van der Waals surface area contributed by atoms with Crippen molar-refractivity contribution in [3.63, 3.8) is 0 Å². The normalized spacial score (nSPS) is 12.4. The van der Waals surface area contributed by atoms with E-state index in [0.717, 1.165) is 37.5 Å². The lowest BCUT2D eigenvalue weighted by Gasteiger charge is -2.30. The molecule has 0 heterocycles. The van der Waals surface area contributed by atoms with E-state index in [9.17, 15) is 8.42 Å². The molecule has 4 N–H and O–H groups in total. The van der Waals surface area contributed by atoms with Crippen LogP contribution in [0.5, 0.6) is 0 Å². The van der Waals surface area contributed by atoms with Crippen LogP contribution in [0.3, 0.4) is 0 Å². The Hall–Kier alpha value is -0.910. The molecule has 0 unspecified atom stereocenters. The van der Waals surface area contributed by atoms with Crippen LogP contribution in [0.15, 0.2) is 34.2 Å². The first kappa shape index (κ1) is 27.1. The number of sulfonamides is 1. The summed E-state index contributed by atoms with van der Waals surface area (Å²) >= 11 is 0.